The highest BCUT2D eigenvalue weighted by molar-refractivity contribution is 7.90. The Morgan fingerprint density at radius 2 is 1.84 bits per heavy atom. The van der Waals surface area contributed by atoms with Crippen molar-refractivity contribution in [3.8, 4) is 0 Å². The third kappa shape index (κ3) is 10.0. The molecule has 0 aromatic heterocycles. The van der Waals surface area contributed by atoms with Crippen LogP contribution < -0.4 is 21.3 Å². The largest absolute Gasteiger partial charge is 0.390 e. The van der Waals surface area contributed by atoms with Gasteiger partial charge in [-0.25, -0.2) is 17.2 Å². The van der Waals surface area contributed by atoms with Crippen molar-refractivity contribution in [3.05, 3.63) is 58.1 Å². The van der Waals surface area contributed by atoms with Crippen molar-refractivity contribution in [2.24, 2.45) is 5.73 Å². The van der Waals surface area contributed by atoms with E-state index in [2.05, 4.69) is 10.6 Å². The summed E-state index contributed by atoms with van der Waals surface area (Å²) in [7, 11) is -3.34. The van der Waals surface area contributed by atoms with Crippen LogP contribution in [0.3, 0.4) is 0 Å². The number of carbonyl (C=O) groups is 2. The molecule has 1 aliphatic heterocycles. The van der Waals surface area contributed by atoms with Gasteiger partial charge >= 0.3 is 6.18 Å². The van der Waals surface area contributed by atoms with Gasteiger partial charge < -0.3 is 21.3 Å². The molecule has 1 unspecified atom stereocenters. The van der Waals surface area contributed by atoms with Crippen LogP contribution >= 0.6 is 11.6 Å². The van der Waals surface area contributed by atoms with Gasteiger partial charge in [-0.05, 0) is 37.6 Å². The van der Waals surface area contributed by atoms with E-state index in [1.54, 1.807) is 17.9 Å². The zero-order chi connectivity index (χ0) is 32.1. The lowest BCUT2D eigenvalue weighted by Gasteiger charge is -2.41. The lowest BCUT2D eigenvalue weighted by molar-refractivity contribution is -0.139. The van der Waals surface area contributed by atoms with Gasteiger partial charge in [0.25, 0.3) is 5.91 Å². The van der Waals surface area contributed by atoms with E-state index in [-0.39, 0.29) is 36.0 Å². The first kappa shape index (κ1) is 34.5. The quantitative estimate of drug-likeness (QED) is 0.316. The summed E-state index contributed by atoms with van der Waals surface area (Å²) >= 11 is 6.18. The Morgan fingerprint density at radius 3 is 2.47 bits per heavy atom. The highest BCUT2D eigenvalue weighted by Crippen LogP contribution is 2.32. The number of nitrogens with two attached hydrogens (primary N) is 1. The molecule has 4 N–H and O–H groups in total. The van der Waals surface area contributed by atoms with Crippen LogP contribution in [0.25, 0.3) is 0 Å². The molecule has 0 radical (unpaired) electrons. The number of rotatable bonds is 11. The predicted octanol–water partition coefficient (Wildman–Crippen LogP) is 3.71. The molecule has 1 aliphatic rings. The highest BCUT2D eigenvalue weighted by atomic mass is 35.5. The maximum absolute atomic E-state index is 15.0. The predicted molar refractivity (Wildman–Crippen MR) is 154 cm³/mol. The van der Waals surface area contributed by atoms with Crippen LogP contribution in [0.1, 0.15) is 35.7 Å². The summed E-state index contributed by atoms with van der Waals surface area (Å²) in [5.41, 5.74) is 5.50. The Hall–Kier alpha value is -3.01. The first-order valence-electron chi connectivity index (χ1n) is 13.3. The van der Waals surface area contributed by atoms with Crippen molar-refractivity contribution in [2.45, 2.75) is 44.6 Å². The highest BCUT2D eigenvalue weighted by Gasteiger charge is 2.32. The average molecular weight is 654 g/mol. The lowest BCUT2D eigenvalue weighted by atomic mass is 10.1. The Morgan fingerprint density at radius 1 is 1.14 bits per heavy atom. The number of benzene rings is 2. The van der Waals surface area contributed by atoms with Crippen molar-refractivity contribution >= 4 is 44.6 Å². The molecule has 2 amide bonds. The van der Waals surface area contributed by atoms with Gasteiger partial charge in [0.05, 0.1) is 35.2 Å². The molecule has 3 rings (SSSR count). The standard InChI is InChI=1S/C27H33ClF5N5O4S/c1-16-15-38(11-10-37(16)9-8-27(31,32)33)22-13-18(28)4-6-21(22)36-25(39)19-5-3-17(23(29)24(19)30)14-35-26(40)20(34)7-12-43(2,41)42/h3-6,13,16,20H,7-12,14-15,34H2,1-2H3,(H,35,40)(H,36,39)/t16-,20?/m1/s1. The summed E-state index contributed by atoms with van der Waals surface area (Å²) in [4.78, 5) is 28.7. The number of hydrogen-bond donors (Lipinski definition) is 3. The molecule has 2 atom stereocenters. The fourth-order valence-corrected chi connectivity index (χ4v) is 5.41. The van der Waals surface area contributed by atoms with Gasteiger partial charge in [0, 0.05) is 55.6 Å². The normalized spacial score (nSPS) is 17.0. The number of halogens is 6. The molecule has 0 aliphatic carbocycles. The van der Waals surface area contributed by atoms with E-state index in [1.807, 2.05) is 4.90 Å². The summed E-state index contributed by atoms with van der Waals surface area (Å²) < 4.78 is 90.4. The van der Waals surface area contributed by atoms with Crippen LogP contribution in [-0.2, 0) is 21.2 Å². The number of sulfone groups is 1. The first-order valence-corrected chi connectivity index (χ1v) is 15.7. The van der Waals surface area contributed by atoms with Gasteiger partial charge in [-0.15, -0.1) is 0 Å². The van der Waals surface area contributed by atoms with E-state index in [4.69, 9.17) is 17.3 Å². The number of alkyl halides is 3. The molecule has 1 heterocycles. The summed E-state index contributed by atoms with van der Waals surface area (Å²) in [6, 6.07) is 5.31. The summed E-state index contributed by atoms with van der Waals surface area (Å²) in [6.07, 6.45) is -4.35. The van der Waals surface area contributed by atoms with E-state index < -0.39 is 64.0 Å². The van der Waals surface area contributed by atoms with Crippen molar-refractivity contribution in [2.75, 3.05) is 48.4 Å². The van der Waals surface area contributed by atoms with E-state index in [0.717, 1.165) is 18.4 Å². The second kappa shape index (κ2) is 14.2. The molecule has 1 saturated heterocycles. The van der Waals surface area contributed by atoms with Gasteiger partial charge in [0.15, 0.2) is 11.6 Å². The molecule has 2 aromatic rings. The molecule has 1 fully saturated rings. The summed E-state index contributed by atoms with van der Waals surface area (Å²) in [6.45, 7) is 2.20. The van der Waals surface area contributed by atoms with Gasteiger partial charge in [0.1, 0.15) is 9.84 Å². The number of hydrogen-bond acceptors (Lipinski definition) is 7. The molecule has 0 saturated carbocycles. The Bertz CT molecular complexity index is 1440. The van der Waals surface area contributed by atoms with Crippen molar-refractivity contribution in [3.63, 3.8) is 0 Å². The molecule has 0 spiro atoms. The van der Waals surface area contributed by atoms with Crippen LogP contribution in [0.2, 0.25) is 5.02 Å². The van der Waals surface area contributed by atoms with Crippen molar-refractivity contribution in [1.29, 1.82) is 0 Å². The zero-order valence-electron chi connectivity index (χ0n) is 23.5. The number of anilines is 2. The topological polar surface area (TPSA) is 125 Å². The monoisotopic (exact) mass is 653 g/mol. The maximum atomic E-state index is 15.0. The molecule has 2 aromatic carbocycles. The fourth-order valence-electron chi connectivity index (χ4n) is 4.57. The van der Waals surface area contributed by atoms with Crippen LogP contribution in [-0.4, -0.2) is 81.6 Å². The molecule has 238 valence electrons. The van der Waals surface area contributed by atoms with Crippen molar-refractivity contribution in [1.82, 2.24) is 10.2 Å². The van der Waals surface area contributed by atoms with Crippen LogP contribution in [0, 0.1) is 11.6 Å². The molecule has 0 bridgehead atoms. The number of piperazine rings is 1. The minimum Gasteiger partial charge on any atom is -0.367 e. The minimum absolute atomic E-state index is 0.141. The van der Waals surface area contributed by atoms with Crippen LogP contribution in [0.4, 0.5) is 33.3 Å². The van der Waals surface area contributed by atoms with Gasteiger partial charge in [-0.3, -0.25) is 14.5 Å². The van der Waals surface area contributed by atoms with Gasteiger partial charge in [-0.2, -0.15) is 13.2 Å². The first-order chi connectivity index (χ1) is 19.9. The molecular weight excluding hydrogens is 621 g/mol. The van der Waals surface area contributed by atoms with Gasteiger partial charge in [-0.1, -0.05) is 17.7 Å². The van der Waals surface area contributed by atoms with Crippen molar-refractivity contribution < 1.29 is 40.0 Å². The Labute approximate surface area is 251 Å². The van der Waals surface area contributed by atoms with E-state index in [9.17, 15) is 40.0 Å². The Balaban J connectivity index is 1.69. The molecule has 9 nitrogen and oxygen atoms in total. The van der Waals surface area contributed by atoms with E-state index in [1.165, 1.54) is 12.1 Å². The number of nitrogens with zero attached hydrogens (tertiary/aromatic N) is 2. The SMILES string of the molecule is C[C@@H]1CN(c2cc(Cl)ccc2NC(=O)c2ccc(CNC(=O)C(N)CCS(C)(=O)=O)c(F)c2F)CCN1CCC(F)(F)F. The Kier molecular flexibility index (Phi) is 11.4. The van der Waals surface area contributed by atoms with E-state index in [0.29, 0.717) is 30.3 Å². The third-order valence-corrected chi connectivity index (χ3v) is 8.21. The smallest absolute Gasteiger partial charge is 0.367 e. The summed E-state index contributed by atoms with van der Waals surface area (Å²) in [5, 5.41) is 5.21. The second-order valence-corrected chi connectivity index (χ2v) is 13.2. The lowest BCUT2D eigenvalue weighted by Crippen LogP contribution is -2.52. The second-order valence-electron chi connectivity index (χ2n) is 10.5. The van der Waals surface area contributed by atoms with E-state index >= 15 is 0 Å². The number of amides is 2. The summed E-state index contributed by atoms with van der Waals surface area (Å²) in [5.74, 6) is -4.85. The zero-order valence-corrected chi connectivity index (χ0v) is 25.1. The molecule has 16 heteroatoms. The third-order valence-electron chi connectivity index (χ3n) is 6.99. The minimum atomic E-state index is -4.27. The number of carbonyl (C=O) groups excluding carboxylic acids is 2. The van der Waals surface area contributed by atoms with Crippen LogP contribution in [0.5, 0.6) is 0 Å². The average Bonchev–Trinajstić information content (AvgIpc) is 2.91. The number of nitrogens with one attached hydrogen (secondary N) is 2. The molecule has 43 heavy (non-hydrogen) atoms. The maximum Gasteiger partial charge on any atom is 0.390 e. The molecular formula is C27H33ClF5N5O4S. The van der Waals surface area contributed by atoms with Crippen LogP contribution in [0.15, 0.2) is 30.3 Å². The van der Waals surface area contributed by atoms with Gasteiger partial charge in [0.2, 0.25) is 5.91 Å². The fraction of sp³-hybridized carbons (Fsp3) is 0.481.